The highest BCUT2D eigenvalue weighted by Gasteiger charge is 2.23. The average molecular weight is 148 g/mol. The lowest BCUT2D eigenvalue weighted by Gasteiger charge is -1.78. The molecule has 0 aromatic carbocycles. The molecule has 28 valence electrons. The van der Waals surface area contributed by atoms with Gasteiger partial charge in [-0.25, -0.2) is 0 Å². The minimum atomic E-state index is -2.47. The van der Waals surface area contributed by atoms with Gasteiger partial charge in [0.05, 0.1) is 0 Å². The molecule has 5 heavy (non-hydrogen) atoms. The molecule has 0 rings (SSSR count). The fraction of sp³-hybridized carbons (Fsp3) is 0. The number of halogens is 3. The van der Waals surface area contributed by atoms with Crippen LogP contribution in [0.2, 0.25) is 0 Å². The molecule has 0 aliphatic heterocycles. The van der Waals surface area contributed by atoms with Gasteiger partial charge in [-0.3, -0.25) is 0 Å². The predicted molar refractivity (Wildman–Crippen MR) is 30.2 cm³/mol. The van der Waals surface area contributed by atoms with Gasteiger partial charge in [-0.15, -0.1) is 0 Å². The van der Waals surface area contributed by atoms with Crippen LogP contribution in [0.4, 0.5) is 0 Å². The van der Waals surface area contributed by atoms with Gasteiger partial charge >= 0.3 is 7.57 Å². The van der Waals surface area contributed by atoms with Crippen LogP contribution in [0, 0.1) is 0 Å². The van der Waals surface area contributed by atoms with Gasteiger partial charge in [0, 0.05) is 0 Å². The molecule has 0 spiro atoms. The topological polar surface area (TPSA) is 0 Å². The summed E-state index contributed by atoms with van der Waals surface area (Å²) in [6.07, 6.45) is 0. The van der Waals surface area contributed by atoms with Crippen LogP contribution in [0.5, 0.6) is 0 Å². The van der Waals surface area contributed by atoms with Crippen molar-refractivity contribution in [1.82, 2.24) is 0 Å². The molecule has 0 fully saturated rings. The quantitative estimate of drug-likeness (QED) is 0.366. The summed E-state index contributed by atoms with van der Waals surface area (Å²) >= 11 is 14.8. The van der Waals surface area contributed by atoms with Gasteiger partial charge in [-0.05, 0) is 0 Å². The Kier molecular flexibility index (Phi) is 2.40. The van der Waals surface area contributed by atoms with Crippen molar-refractivity contribution in [3.8, 4) is 0 Å². The van der Waals surface area contributed by atoms with Gasteiger partial charge in [0.1, 0.15) is 33.7 Å². The predicted octanol–water partition coefficient (Wildman–Crippen LogP) is 2.55. The maximum atomic E-state index is 4.95. The van der Waals surface area contributed by atoms with E-state index in [1.54, 1.807) is 0 Å². The van der Waals surface area contributed by atoms with Crippen LogP contribution >= 0.6 is 38.9 Å². The van der Waals surface area contributed by atoms with Crippen molar-refractivity contribution in [3.05, 3.63) is 0 Å². The van der Waals surface area contributed by atoms with Gasteiger partial charge in [0.25, 0.3) is 5.20 Å². The molecule has 5 heteroatoms. The standard InChI is InChI=1S/BCl3P/c1-5(2,3)4/q+1. The van der Waals surface area contributed by atoms with Crippen LogP contribution in [0.1, 0.15) is 0 Å². The Morgan fingerprint density at radius 3 is 1.20 bits per heavy atom. The van der Waals surface area contributed by atoms with Crippen molar-refractivity contribution in [1.29, 1.82) is 0 Å². The van der Waals surface area contributed by atoms with Crippen LogP contribution in [0.25, 0.3) is 0 Å². The van der Waals surface area contributed by atoms with Crippen molar-refractivity contribution in [2.45, 2.75) is 0 Å². The first kappa shape index (κ1) is 6.36. The lowest BCUT2D eigenvalue weighted by molar-refractivity contribution is 4.30. The van der Waals surface area contributed by atoms with Crippen LogP contribution in [0.3, 0.4) is 0 Å². The second-order valence-electron chi connectivity index (χ2n) is 0.484. The van der Waals surface area contributed by atoms with Crippen molar-refractivity contribution in [2.24, 2.45) is 0 Å². The molecule has 0 unspecified atom stereocenters. The monoisotopic (exact) mass is 147 g/mol. The third-order valence-corrected chi connectivity index (χ3v) is 0. The lowest BCUT2D eigenvalue weighted by Crippen LogP contribution is -1.46. The fourth-order valence-electron chi connectivity index (χ4n) is 0. The summed E-state index contributed by atoms with van der Waals surface area (Å²) in [6.45, 7) is 0. The van der Waals surface area contributed by atoms with E-state index in [0.29, 0.717) is 0 Å². The Balaban J connectivity index is 3.02. The Morgan fingerprint density at radius 1 is 1.20 bits per heavy atom. The van der Waals surface area contributed by atoms with Gasteiger partial charge in [0.2, 0.25) is 0 Å². The summed E-state index contributed by atoms with van der Waals surface area (Å²) in [5, 5.41) is -2.47. The first-order valence-corrected chi connectivity index (χ1v) is 5.34. The highest BCUT2D eigenvalue weighted by molar-refractivity contribution is 8.45. The smallest absolute Gasteiger partial charge is 0.105 e. The van der Waals surface area contributed by atoms with Crippen molar-refractivity contribution < 1.29 is 0 Å². The Morgan fingerprint density at radius 2 is 1.20 bits per heavy atom. The third-order valence-electron chi connectivity index (χ3n) is 0. The van der Waals surface area contributed by atoms with Crippen LogP contribution in [-0.4, -0.2) is 7.57 Å². The molecule has 0 N–H and O–H groups in total. The van der Waals surface area contributed by atoms with Gasteiger partial charge < -0.3 is 0 Å². The fourth-order valence-corrected chi connectivity index (χ4v) is 0. The molecule has 0 saturated heterocycles. The molecule has 0 nitrogen and oxygen atoms in total. The molecule has 0 heterocycles. The molecular formula is BCl3P+. The van der Waals surface area contributed by atoms with E-state index < -0.39 is 5.20 Å². The molecule has 0 amide bonds. The highest BCUT2D eigenvalue weighted by Crippen LogP contribution is 2.69. The summed E-state index contributed by atoms with van der Waals surface area (Å²) in [6, 6.07) is 0. The highest BCUT2D eigenvalue weighted by atomic mass is 36.1. The third kappa shape index (κ3) is 32.6. The minimum Gasteiger partial charge on any atom is 0.105 e. The molecule has 0 aromatic heterocycles. The summed E-state index contributed by atoms with van der Waals surface area (Å²) in [4.78, 5) is 0. The second-order valence-corrected chi connectivity index (χ2v) is 7.81. The molecule has 0 bridgehead atoms. The summed E-state index contributed by atoms with van der Waals surface area (Å²) in [5.41, 5.74) is 0. The first-order valence-electron chi connectivity index (χ1n) is 0.765. The Hall–Kier alpha value is 1.36. The first-order chi connectivity index (χ1) is 2.00. The molecule has 0 atom stereocenters. The van der Waals surface area contributed by atoms with E-state index in [4.69, 9.17) is 41.3 Å². The van der Waals surface area contributed by atoms with E-state index in [1.807, 2.05) is 0 Å². The minimum absolute atomic E-state index is 2.47. The number of hydrogen-bond donors (Lipinski definition) is 0. The van der Waals surface area contributed by atoms with E-state index in [1.165, 1.54) is 0 Å². The summed E-state index contributed by atoms with van der Waals surface area (Å²) in [7, 11) is 4.76. The van der Waals surface area contributed by atoms with E-state index in [2.05, 4.69) is 0 Å². The molecule has 2 radical (unpaired) electrons. The zero-order chi connectivity index (χ0) is 4.50. The van der Waals surface area contributed by atoms with Gasteiger partial charge in [0.15, 0.2) is 0 Å². The summed E-state index contributed by atoms with van der Waals surface area (Å²) < 4.78 is 0. The lowest BCUT2D eigenvalue weighted by atomic mass is 10.8. The van der Waals surface area contributed by atoms with Crippen LogP contribution in [0.15, 0.2) is 0 Å². The molecule has 0 saturated carbocycles. The Bertz CT molecular complexity index is 22.4. The van der Waals surface area contributed by atoms with Crippen LogP contribution in [-0.2, 0) is 0 Å². The van der Waals surface area contributed by atoms with E-state index in [9.17, 15) is 0 Å². The zero-order valence-electron chi connectivity index (χ0n) is 2.16. The van der Waals surface area contributed by atoms with Gasteiger partial charge in [-0.1, -0.05) is 0 Å². The zero-order valence-corrected chi connectivity index (χ0v) is 5.32. The second kappa shape index (κ2) is 1.88. The maximum Gasteiger partial charge on any atom is 0.433 e. The van der Waals surface area contributed by atoms with Gasteiger partial charge in [-0.2, -0.15) is 0 Å². The Labute approximate surface area is 46.9 Å². The van der Waals surface area contributed by atoms with Crippen molar-refractivity contribution in [2.75, 3.05) is 0 Å². The SMILES string of the molecule is [B][P+](Cl)(Cl)Cl. The molecule has 0 aliphatic carbocycles. The van der Waals surface area contributed by atoms with E-state index in [0.717, 1.165) is 0 Å². The molecular weight excluding hydrogens is 148 g/mol. The van der Waals surface area contributed by atoms with E-state index in [-0.39, 0.29) is 0 Å². The summed E-state index contributed by atoms with van der Waals surface area (Å²) in [5.74, 6) is 0. The number of rotatable bonds is 0. The largest absolute Gasteiger partial charge is 0.433 e. The van der Waals surface area contributed by atoms with Crippen molar-refractivity contribution in [3.63, 3.8) is 0 Å². The normalized spacial score (nSPS) is 11.8. The average Bonchev–Trinajstić information content (AvgIpc) is 0.722. The number of hydrogen-bond acceptors (Lipinski definition) is 0. The van der Waals surface area contributed by atoms with Crippen molar-refractivity contribution >= 4 is 46.5 Å². The van der Waals surface area contributed by atoms with E-state index >= 15 is 0 Å². The molecule has 0 aromatic rings. The maximum absolute atomic E-state index is 4.95. The molecule has 0 aliphatic rings. The van der Waals surface area contributed by atoms with Crippen LogP contribution < -0.4 is 0 Å².